The monoisotopic (exact) mass is 248 g/mol. The van der Waals surface area contributed by atoms with Crippen LogP contribution in [-0.4, -0.2) is 12.5 Å². The van der Waals surface area contributed by atoms with Gasteiger partial charge in [-0.1, -0.05) is 23.7 Å². The Bertz CT molecular complexity index is 457. The number of hydrogen-bond acceptors (Lipinski definition) is 2. The first kappa shape index (κ1) is 11.9. The van der Waals surface area contributed by atoms with Crippen LogP contribution in [0, 0.1) is 16.7 Å². The molecular formula is C13H13ClN2O. The molecule has 3 nitrogen and oxygen atoms in total. The van der Waals surface area contributed by atoms with Crippen molar-refractivity contribution in [3.05, 3.63) is 34.9 Å². The van der Waals surface area contributed by atoms with Crippen molar-refractivity contribution in [3.8, 4) is 6.07 Å². The minimum Gasteiger partial charge on any atom is -0.354 e. The topological polar surface area (TPSA) is 52.9 Å². The molecule has 0 radical (unpaired) electrons. The summed E-state index contributed by atoms with van der Waals surface area (Å²) in [6.45, 7) is 0.559. The molecule has 0 unspecified atom stereocenters. The van der Waals surface area contributed by atoms with E-state index in [9.17, 15) is 4.79 Å². The number of nitrogens with one attached hydrogen (secondary N) is 1. The van der Waals surface area contributed by atoms with Gasteiger partial charge in [0.15, 0.2) is 0 Å². The van der Waals surface area contributed by atoms with E-state index in [-0.39, 0.29) is 5.91 Å². The van der Waals surface area contributed by atoms with Crippen molar-refractivity contribution in [2.75, 3.05) is 6.54 Å². The van der Waals surface area contributed by atoms with Gasteiger partial charge in [0.2, 0.25) is 5.91 Å². The summed E-state index contributed by atoms with van der Waals surface area (Å²) in [5.74, 6) is -0.131. The number of hydrogen-bond donors (Lipinski definition) is 1. The number of halogens is 1. The van der Waals surface area contributed by atoms with E-state index in [1.165, 1.54) is 0 Å². The van der Waals surface area contributed by atoms with Crippen LogP contribution >= 0.6 is 11.6 Å². The van der Waals surface area contributed by atoms with Crippen molar-refractivity contribution < 1.29 is 4.79 Å². The number of nitriles is 1. The lowest BCUT2D eigenvalue weighted by Gasteiger charge is -2.08. The molecule has 1 amide bonds. The molecule has 1 aromatic carbocycles. The van der Waals surface area contributed by atoms with Gasteiger partial charge in [0.25, 0.3) is 0 Å². The predicted octanol–water partition coefficient (Wildman–Crippen LogP) is 2.30. The fourth-order valence-corrected chi connectivity index (χ4v) is 1.78. The Morgan fingerprint density at radius 2 is 2.06 bits per heavy atom. The minimum absolute atomic E-state index is 0.131. The Morgan fingerprint density at radius 1 is 1.41 bits per heavy atom. The highest BCUT2D eigenvalue weighted by Crippen LogP contribution is 2.44. The number of rotatable bonds is 4. The van der Waals surface area contributed by atoms with Crippen LogP contribution in [0.15, 0.2) is 24.3 Å². The van der Waals surface area contributed by atoms with Gasteiger partial charge in [-0.3, -0.25) is 4.79 Å². The number of carbonyl (C=O) groups is 1. The smallest absolute Gasteiger partial charge is 0.240 e. The molecule has 4 heteroatoms. The molecule has 1 aliphatic carbocycles. The fourth-order valence-electron chi connectivity index (χ4n) is 1.66. The zero-order valence-electron chi connectivity index (χ0n) is 9.37. The van der Waals surface area contributed by atoms with Gasteiger partial charge in [0.05, 0.1) is 6.07 Å². The van der Waals surface area contributed by atoms with Crippen LogP contribution < -0.4 is 5.32 Å². The molecule has 1 saturated carbocycles. The third kappa shape index (κ3) is 2.78. The summed E-state index contributed by atoms with van der Waals surface area (Å²) in [6, 6.07) is 9.61. The van der Waals surface area contributed by atoms with Crippen molar-refractivity contribution in [2.45, 2.75) is 19.3 Å². The third-order valence-corrected chi connectivity index (χ3v) is 3.26. The molecule has 2 rings (SSSR count). The lowest BCUT2D eigenvalue weighted by molar-refractivity contribution is -0.124. The largest absolute Gasteiger partial charge is 0.354 e. The molecule has 17 heavy (non-hydrogen) atoms. The molecule has 0 atom stereocenters. The van der Waals surface area contributed by atoms with Crippen molar-refractivity contribution in [1.82, 2.24) is 5.32 Å². The Morgan fingerprint density at radius 3 is 2.59 bits per heavy atom. The molecule has 0 spiro atoms. The van der Waals surface area contributed by atoms with E-state index in [1.54, 1.807) is 0 Å². The highest BCUT2D eigenvalue weighted by molar-refractivity contribution is 6.30. The normalized spacial score (nSPS) is 16.0. The molecular weight excluding hydrogens is 236 g/mol. The van der Waals surface area contributed by atoms with E-state index in [4.69, 9.17) is 16.9 Å². The second-order valence-corrected chi connectivity index (χ2v) is 4.76. The lowest BCUT2D eigenvalue weighted by atomic mass is 10.1. The van der Waals surface area contributed by atoms with Gasteiger partial charge in [0, 0.05) is 11.6 Å². The standard InChI is InChI=1S/C13H13ClN2O/c14-11-3-1-10(2-4-11)5-8-16-12(17)13(9-15)6-7-13/h1-4H,5-8H2,(H,16,17). The van der Waals surface area contributed by atoms with Gasteiger partial charge in [-0.15, -0.1) is 0 Å². The van der Waals surface area contributed by atoms with Gasteiger partial charge >= 0.3 is 0 Å². The number of carbonyl (C=O) groups excluding carboxylic acids is 1. The van der Waals surface area contributed by atoms with E-state index in [1.807, 2.05) is 24.3 Å². The summed E-state index contributed by atoms with van der Waals surface area (Å²) in [4.78, 5) is 11.6. The van der Waals surface area contributed by atoms with Gasteiger partial charge in [-0.25, -0.2) is 0 Å². The van der Waals surface area contributed by atoms with Gasteiger partial charge in [0.1, 0.15) is 5.41 Å². The molecule has 88 valence electrons. The van der Waals surface area contributed by atoms with Gasteiger partial charge < -0.3 is 5.32 Å². The molecule has 0 bridgehead atoms. The van der Waals surface area contributed by atoms with Crippen LogP contribution in [0.25, 0.3) is 0 Å². The minimum atomic E-state index is -0.722. The number of amides is 1. The van der Waals surface area contributed by atoms with E-state index in [2.05, 4.69) is 11.4 Å². The zero-order valence-corrected chi connectivity index (χ0v) is 10.1. The van der Waals surface area contributed by atoms with E-state index in [0.29, 0.717) is 24.4 Å². The SMILES string of the molecule is N#CC1(C(=O)NCCc2ccc(Cl)cc2)CC1. The first-order valence-corrected chi connectivity index (χ1v) is 5.98. The average molecular weight is 249 g/mol. The molecule has 1 N–H and O–H groups in total. The van der Waals surface area contributed by atoms with E-state index in [0.717, 1.165) is 12.0 Å². The molecule has 1 aliphatic rings. The molecule has 0 aromatic heterocycles. The predicted molar refractivity (Wildman–Crippen MR) is 65.4 cm³/mol. The Hall–Kier alpha value is -1.53. The zero-order chi connectivity index (χ0) is 12.3. The molecule has 1 fully saturated rings. The third-order valence-electron chi connectivity index (χ3n) is 3.01. The first-order valence-electron chi connectivity index (χ1n) is 5.60. The molecule has 0 heterocycles. The molecule has 1 aromatic rings. The number of benzene rings is 1. The van der Waals surface area contributed by atoms with Gasteiger partial charge in [-0.2, -0.15) is 5.26 Å². The van der Waals surface area contributed by atoms with E-state index < -0.39 is 5.41 Å². The summed E-state index contributed by atoms with van der Waals surface area (Å²) >= 11 is 5.78. The van der Waals surface area contributed by atoms with Gasteiger partial charge in [-0.05, 0) is 37.0 Å². The Labute approximate surface area is 105 Å². The summed E-state index contributed by atoms with van der Waals surface area (Å²) < 4.78 is 0. The first-order chi connectivity index (χ1) is 8.16. The Balaban J connectivity index is 1.79. The summed E-state index contributed by atoms with van der Waals surface area (Å²) in [7, 11) is 0. The van der Waals surface area contributed by atoms with Crippen LogP contribution in [0.1, 0.15) is 18.4 Å². The van der Waals surface area contributed by atoms with Crippen molar-refractivity contribution in [2.24, 2.45) is 5.41 Å². The number of nitrogens with zero attached hydrogens (tertiary/aromatic N) is 1. The highest BCUT2D eigenvalue weighted by Gasteiger charge is 2.50. The van der Waals surface area contributed by atoms with Crippen molar-refractivity contribution in [1.29, 1.82) is 5.26 Å². The molecule has 0 aliphatic heterocycles. The maximum atomic E-state index is 11.6. The second kappa shape index (κ2) is 4.77. The van der Waals surface area contributed by atoms with Crippen LogP contribution in [0.2, 0.25) is 5.02 Å². The van der Waals surface area contributed by atoms with Crippen LogP contribution in [0.5, 0.6) is 0 Å². The average Bonchev–Trinajstić information content (AvgIpc) is 3.12. The lowest BCUT2D eigenvalue weighted by Crippen LogP contribution is -2.32. The van der Waals surface area contributed by atoms with Crippen LogP contribution in [-0.2, 0) is 11.2 Å². The molecule has 0 saturated heterocycles. The Kier molecular flexibility index (Phi) is 3.35. The van der Waals surface area contributed by atoms with E-state index >= 15 is 0 Å². The maximum Gasteiger partial charge on any atom is 0.240 e. The van der Waals surface area contributed by atoms with Crippen molar-refractivity contribution >= 4 is 17.5 Å². The van der Waals surface area contributed by atoms with Crippen LogP contribution in [0.3, 0.4) is 0 Å². The fraction of sp³-hybridized carbons (Fsp3) is 0.385. The summed E-state index contributed by atoms with van der Waals surface area (Å²) in [5.41, 5.74) is 0.400. The van der Waals surface area contributed by atoms with Crippen LogP contribution in [0.4, 0.5) is 0 Å². The van der Waals surface area contributed by atoms with Crippen molar-refractivity contribution in [3.63, 3.8) is 0 Å². The second-order valence-electron chi connectivity index (χ2n) is 4.33. The highest BCUT2D eigenvalue weighted by atomic mass is 35.5. The summed E-state index contributed by atoms with van der Waals surface area (Å²) in [6.07, 6.45) is 2.14. The maximum absolute atomic E-state index is 11.6. The quantitative estimate of drug-likeness (QED) is 0.889. The summed E-state index contributed by atoms with van der Waals surface area (Å²) in [5, 5.41) is 12.4.